The highest BCUT2D eigenvalue weighted by Crippen LogP contribution is 2.27. The van der Waals surface area contributed by atoms with E-state index in [9.17, 15) is 4.79 Å². The van der Waals surface area contributed by atoms with Gasteiger partial charge in [-0.1, -0.05) is 36.2 Å². The van der Waals surface area contributed by atoms with Crippen LogP contribution < -0.4 is 5.73 Å². The van der Waals surface area contributed by atoms with Gasteiger partial charge >= 0.3 is 0 Å². The van der Waals surface area contributed by atoms with Gasteiger partial charge in [-0.2, -0.15) is 0 Å². The number of rotatable bonds is 6. The lowest BCUT2D eigenvalue weighted by Crippen LogP contribution is -2.48. The molecule has 118 valence electrons. The number of benzene rings is 1. The summed E-state index contributed by atoms with van der Waals surface area (Å²) in [7, 11) is 0. The highest BCUT2D eigenvalue weighted by atomic mass is 35.5. The van der Waals surface area contributed by atoms with Gasteiger partial charge in [-0.3, -0.25) is 4.79 Å². The minimum Gasteiger partial charge on any atom is -0.335 e. The molecular weight excluding hydrogens is 307 g/mol. The molecule has 0 heterocycles. The molecule has 0 aromatic heterocycles. The lowest BCUT2D eigenvalue weighted by Gasteiger charge is -2.35. The van der Waals surface area contributed by atoms with Crippen LogP contribution in [-0.4, -0.2) is 23.4 Å². The summed E-state index contributed by atoms with van der Waals surface area (Å²) in [6.45, 7) is 8.75. The zero-order chi connectivity index (χ0) is 16.2. The van der Waals surface area contributed by atoms with Crippen LogP contribution in [0.2, 0.25) is 10.0 Å². The van der Waals surface area contributed by atoms with Gasteiger partial charge in [0.25, 0.3) is 0 Å². The van der Waals surface area contributed by atoms with Crippen LogP contribution in [0.25, 0.3) is 0 Å². The Hall–Kier alpha value is -0.770. The van der Waals surface area contributed by atoms with E-state index in [1.807, 2.05) is 38.7 Å². The Balaban J connectivity index is 3.02. The molecule has 0 saturated carbocycles. The van der Waals surface area contributed by atoms with E-state index in [2.05, 4.69) is 0 Å². The molecule has 1 unspecified atom stereocenters. The fourth-order valence-electron chi connectivity index (χ4n) is 2.05. The minimum absolute atomic E-state index is 0.0774. The molecule has 21 heavy (non-hydrogen) atoms. The van der Waals surface area contributed by atoms with Crippen molar-refractivity contribution in [3.05, 3.63) is 33.8 Å². The van der Waals surface area contributed by atoms with E-state index in [1.165, 1.54) is 0 Å². The molecule has 1 aromatic carbocycles. The number of nitrogens with zero attached hydrogens (tertiary/aromatic N) is 1. The van der Waals surface area contributed by atoms with Crippen LogP contribution in [0.5, 0.6) is 0 Å². The van der Waals surface area contributed by atoms with Crippen LogP contribution in [0, 0.1) is 5.41 Å². The largest absolute Gasteiger partial charge is 0.335 e. The first-order valence-electron chi connectivity index (χ1n) is 7.20. The first kappa shape index (κ1) is 18.3. The van der Waals surface area contributed by atoms with Crippen molar-refractivity contribution in [2.75, 3.05) is 6.54 Å². The van der Waals surface area contributed by atoms with Crippen LogP contribution in [0.15, 0.2) is 18.2 Å². The van der Waals surface area contributed by atoms with Gasteiger partial charge < -0.3 is 10.6 Å². The van der Waals surface area contributed by atoms with Gasteiger partial charge in [-0.15, -0.1) is 0 Å². The van der Waals surface area contributed by atoms with Crippen molar-refractivity contribution in [3.8, 4) is 0 Å². The van der Waals surface area contributed by atoms with E-state index in [0.29, 0.717) is 29.6 Å². The Morgan fingerprint density at radius 1 is 1.33 bits per heavy atom. The third-order valence-corrected chi connectivity index (χ3v) is 4.71. The summed E-state index contributed by atoms with van der Waals surface area (Å²) in [4.78, 5) is 14.7. The van der Waals surface area contributed by atoms with E-state index >= 15 is 0 Å². The number of hydrogen-bond acceptors (Lipinski definition) is 2. The average molecular weight is 331 g/mol. The zero-order valence-electron chi connectivity index (χ0n) is 13.1. The third-order valence-electron chi connectivity index (χ3n) is 3.97. The molecule has 3 nitrogen and oxygen atoms in total. The summed E-state index contributed by atoms with van der Waals surface area (Å²) in [5, 5.41) is 1.02. The summed E-state index contributed by atoms with van der Waals surface area (Å²) in [5.74, 6) is 0.0774. The van der Waals surface area contributed by atoms with Crippen LogP contribution in [0.1, 0.15) is 39.7 Å². The summed E-state index contributed by atoms with van der Waals surface area (Å²) >= 11 is 12.0. The monoisotopic (exact) mass is 330 g/mol. The van der Waals surface area contributed by atoms with Crippen molar-refractivity contribution in [3.63, 3.8) is 0 Å². The molecule has 0 bridgehead atoms. The lowest BCUT2D eigenvalue weighted by molar-refractivity contribution is -0.143. The SMILES string of the molecule is CCC(C)(CN)C(=O)N(Cc1ccc(Cl)c(Cl)c1)C(C)C. The molecule has 0 spiro atoms. The molecule has 1 atom stereocenters. The van der Waals surface area contributed by atoms with Crippen molar-refractivity contribution < 1.29 is 4.79 Å². The third kappa shape index (κ3) is 4.35. The Morgan fingerprint density at radius 3 is 2.38 bits per heavy atom. The fraction of sp³-hybridized carbons (Fsp3) is 0.562. The van der Waals surface area contributed by atoms with Gasteiger partial charge in [0.1, 0.15) is 0 Å². The second-order valence-corrected chi connectivity index (χ2v) is 6.71. The molecule has 5 heteroatoms. The van der Waals surface area contributed by atoms with Crippen LogP contribution in [-0.2, 0) is 11.3 Å². The van der Waals surface area contributed by atoms with E-state index in [4.69, 9.17) is 28.9 Å². The maximum absolute atomic E-state index is 12.8. The summed E-state index contributed by atoms with van der Waals surface area (Å²) in [6.07, 6.45) is 0.715. The van der Waals surface area contributed by atoms with E-state index in [0.717, 1.165) is 5.56 Å². The molecular formula is C16H24Cl2N2O. The van der Waals surface area contributed by atoms with Gasteiger partial charge in [0, 0.05) is 19.1 Å². The topological polar surface area (TPSA) is 46.3 Å². The zero-order valence-corrected chi connectivity index (χ0v) is 14.6. The Labute approximate surface area is 137 Å². The van der Waals surface area contributed by atoms with Gasteiger partial charge in [0.05, 0.1) is 15.5 Å². The molecule has 0 aliphatic heterocycles. The average Bonchev–Trinajstić information content (AvgIpc) is 2.46. The van der Waals surface area contributed by atoms with E-state index in [1.54, 1.807) is 12.1 Å². The highest BCUT2D eigenvalue weighted by Gasteiger charge is 2.34. The first-order valence-corrected chi connectivity index (χ1v) is 7.95. The summed E-state index contributed by atoms with van der Waals surface area (Å²) in [5.41, 5.74) is 6.24. The van der Waals surface area contributed by atoms with Gasteiger partial charge in [0.2, 0.25) is 5.91 Å². The van der Waals surface area contributed by atoms with Crippen molar-refractivity contribution in [1.29, 1.82) is 0 Å². The van der Waals surface area contributed by atoms with Crippen LogP contribution >= 0.6 is 23.2 Å². The summed E-state index contributed by atoms with van der Waals surface area (Å²) in [6, 6.07) is 5.54. The number of carbonyl (C=O) groups is 1. The standard InChI is InChI=1S/C16H24Cl2N2O/c1-5-16(4,10-19)15(21)20(11(2)3)9-12-6-7-13(17)14(18)8-12/h6-8,11H,5,9-10,19H2,1-4H3. The number of hydrogen-bond donors (Lipinski definition) is 1. The second kappa shape index (κ2) is 7.48. The normalized spacial score (nSPS) is 14.1. The molecule has 0 aliphatic rings. The van der Waals surface area contributed by atoms with Gasteiger partial charge in [-0.05, 0) is 44.9 Å². The lowest BCUT2D eigenvalue weighted by atomic mass is 9.85. The van der Waals surface area contributed by atoms with Gasteiger partial charge in [0.15, 0.2) is 0 Å². The quantitative estimate of drug-likeness (QED) is 0.853. The Kier molecular flexibility index (Phi) is 6.51. The second-order valence-electron chi connectivity index (χ2n) is 5.89. The predicted molar refractivity (Wildman–Crippen MR) is 89.6 cm³/mol. The van der Waals surface area contributed by atoms with Crippen molar-refractivity contribution >= 4 is 29.1 Å². The molecule has 1 amide bonds. The molecule has 0 saturated heterocycles. The summed E-state index contributed by atoms with van der Waals surface area (Å²) < 4.78 is 0. The minimum atomic E-state index is -0.527. The number of carbonyl (C=O) groups excluding carboxylic acids is 1. The number of halogens is 2. The van der Waals surface area contributed by atoms with E-state index < -0.39 is 5.41 Å². The Morgan fingerprint density at radius 2 is 1.95 bits per heavy atom. The molecule has 0 aliphatic carbocycles. The predicted octanol–water partition coefficient (Wildman–Crippen LogP) is 4.11. The Bertz CT molecular complexity index is 499. The van der Waals surface area contributed by atoms with E-state index in [-0.39, 0.29) is 11.9 Å². The van der Waals surface area contributed by atoms with Crippen LogP contribution in [0.3, 0.4) is 0 Å². The molecule has 0 fully saturated rings. The van der Waals surface area contributed by atoms with Crippen molar-refractivity contribution in [2.45, 2.75) is 46.7 Å². The highest BCUT2D eigenvalue weighted by molar-refractivity contribution is 6.42. The molecule has 1 rings (SSSR count). The number of amides is 1. The van der Waals surface area contributed by atoms with Crippen LogP contribution in [0.4, 0.5) is 0 Å². The molecule has 2 N–H and O–H groups in total. The molecule has 1 aromatic rings. The van der Waals surface area contributed by atoms with Crippen molar-refractivity contribution in [1.82, 2.24) is 4.90 Å². The first-order chi connectivity index (χ1) is 9.75. The number of nitrogens with two attached hydrogens (primary N) is 1. The molecule has 0 radical (unpaired) electrons. The van der Waals surface area contributed by atoms with Crippen molar-refractivity contribution in [2.24, 2.45) is 11.1 Å². The van der Waals surface area contributed by atoms with Gasteiger partial charge in [-0.25, -0.2) is 0 Å². The fourth-order valence-corrected chi connectivity index (χ4v) is 2.37. The maximum Gasteiger partial charge on any atom is 0.230 e. The smallest absolute Gasteiger partial charge is 0.230 e. The maximum atomic E-state index is 12.8.